The average Bonchev–Trinajstić information content (AvgIpc) is 3.59. The molecule has 7 aliphatic heterocycles. The molecule has 0 aliphatic carbocycles. The molecule has 0 radical (unpaired) electrons. The van der Waals surface area contributed by atoms with Crippen LogP contribution in [0.5, 0.6) is 0 Å². The van der Waals surface area contributed by atoms with E-state index in [4.69, 9.17) is 61.6 Å². The monoisotopic (exact) mass is 1120 g/mol. The summed E-state index contributed by atoms with van der Waals surface area (Å²) in [4.78, 5) is 40.7. The predicted octanol–water partition coefficient (Wildman–Crippen LogP) is 1.52. The van der Waals surface area contributed by atoms with Crippen LogP contribution in [0.3, 0.4) is 0 Å². The number of ether oxygens (including phenoxy) is 13. The molecule has 26 atom stereocenters. The Labute approximate surface area is 456 Å². The van der Waals surface area contributed by atoms with Gasteiger partial charge in [-0.1, -0.05) is 64.0 Å². The first kappa shape index (κ1) is 64.3. The number of aliphatic hydroxyl groups excluding tert-OH is 8. The summed E-state index contributed by atoms with van der Waals surface area (Å²) < 4.78 is 81.3. The Morgan fingerprint density at radius 2 is 1.00 bits per heavy atom. The molecule has 24 heteroatoms. The molecule has 0 spiro atoms. The molecule has 448 valence electrons. The van der Waals surface area contributed by atoms with Gasteiger partial charge in [-0.2, -0.15) is 0 Å². The summed E-state index contributed by atoms with van der Waals surface area (Å²) in [6.07, 6.45) is -29.2. The molecule has 0 aromatic carbocycles. The lowest BCUT2D eigenvalue weighted by Crippen LogP contribution is -2.68. The highest BCUT2D eigenvalue weighted by Crippen LogP contribution is 2.39. The largest absolute Gasteiger partial charge is 0.456 e. The molecular formula is C54H88O24. The van der Waals surface area contributed by atoms with Crippen molar-refractivity contribution in [3.63, 3.8) is 0 Å². The topological polar surface area (TPSA) is 333 Å². The zero-order valence-corrected chi connectivity index (χ0v) is 46.6. The number of esters is 3. The summed E-state index contributed by atoms with van der Waals surface area (Å²) in [5.41, 5.74) is 0.291. The van der Waals surface area contributed by atoms with E-state index in [9.17, 15) is 55.2 Å². The second-order valence-corrected chi connectivity index (χ2v) is 21.6. The minimum absolute atomic E-state index is 0.0205. The van der Waals surface area contributed by atoms with E-state index in [0.717, 1.165) is 38.5 Å². The lowest BCUT2D eigenvalue weighted by molar-refractivity contribution is -0.405. The maximum atomic E-state index is 13.7. The Morgan fingerprint density at radius 1 is 0.487 bits per heavy atom. The Hall–Kier alpha value is -2.83. The molecule has 0 aromatic rings. The van der Waals surface area contributed by atoms with Crippen molar-refractivity contribution >= 4 is 17.9 Å². The van der Waals surface area contributed by atoms with E-state index in [1.54, 1.807) is 20.8 Å². The molecule has 7 heterocycles. The number of fused-ring (bicyclic) bond motifs is 14. The number of aliphatic hydroxyl groups is 8. The highest BCUT2D eigenvalue weighted by atomic mass is 16.8. The van der Waals surface area contributed by atoms with Crippen LogP contribution >= 0.6 is 0 Å². The van der Waals surface area contributed by atoms with Crippen molar-refractivity contribution in [2.75, 3.05) is 0 Å². The van der Waals surface area contributed by atoms with Crippen molar-refractivity contribution in [1.82, 2.24) is 0 Å². The maximum Gasteiger partial charge on any atom is 0.333 e. The molecule has 0 unspecified atom stereocenters. The van der Waals surface area contributed by atoms with E-state index < -0.39 is 171 Å². The second-order valence-electron chi connectivity index (χ2n) is 21.6. The van der Waals surface area contributed by atoms with E-state index in [1.165, 1.54) is 53.7 Å². The number of hydrogen-bond acceptors (Lipinski definition) is 24. The van der Waals surface area contributed by atoms with Crippen molar-refractivity contribution < 1.29 is 117 Å². The fourth-order valence-corrected chi connectivity index (χ4v) is 10.4. The number of rotatable bonds is 8. The highest BCUT2D eigenvalue weighted by molar-refractivity contribution is 5.88. The number of hydrogen-bond donors (Lipinski definition) is 8. The first-order valence-corrected chi connectivity index (χ1v) is 27.9. The minimum atomic E-state index is -1.95. The van der Waals surface area contributed by atoms with Crippen molar-refractivity contribution in [2.24, 2.45) is 0 Å². The summed E-state index contributed by atoms with van der Waals surface area (Å²) >= 11 is 0. The van der Waals surface area contributed by atoms with Gasteiger partial charge in [0.15, 0.2) is 49.8 Å². The molecule has 8 N–H and O–H groups in total. The zero-order valence-electron chi connectivity index (χ0n) is 46.6. The average molecular weight is 1120 g/mol. The van der Waals surface area contributed by atoms with E-state index >= 15 is 0 Å². The van der Waals surface area contributed by atoms with E-state index in [-0.39, 0.29) is 23.7 Å². The van der Waals surface area contributed by atoms with Crippen LogP contribution < -0.4 is 0 Å². The molecule has 0 amide bonds. The summed E-state index contributed by atoms with van der Waals surface area (Å²) in [6, 6.07) is 0. The van der Waals surface area contributed by atoms with Crippen molar-refractivity contribution in [1.29, 1.82) is 0 Å². The SMILES string of the molecule is C/C=C(\C)C(=O)O[C@H]1[C@@H]2O[C@H]3[C@H](O[C@@H](CCC)CCCCCCCCCC(=O)O[C@@H]4[C@@H](O)[C@H](C)O[C@@H](O[C@@H]5[C@@H](O[C@@H]6O[C@@H](C)[C@H](O)[C@@H](O)[C@H]6O)[C@H](O[C@H]([C@H]1O)[C@H](C)O2)O[C@H](C)[C@H]5OC(=O)/C(C)=C/C)[C@@H]4O)O[C@H](C)[C@@H](O)[C@@H]3O. The van der Waals surface area contributed by atoms with Gasteiger partial charge in [-0.05, 0) is 81.6 Å². The van der Waals surface area contributed by atoms with Crippen molar-refractivity contribution in [2.45, 2.75) is 299 Å². The van der Waals surface area contributed by atoms with Crippen LogP contribution in [0.4, 0.5) is 0 Å². The molecule has 24 nitrogen and oxygen atoms in total. The summed E-state index contributed by atoms with van der Waals surface area (Å²) in [5, 5.41) is 91.6. The van der Waals surface area contributed by atoms with E-state index in [2.05, 4.69) is 0 Å². The Morgan fingerprint density at radius 3 is 1.64 bits per heavy atom. The minimum Gasteiger partial charge on any atom is -0.456 e. The lowest BCUT2D eigenvalue weighted by Gasteiger charge is -2.51. The number of carbonyl (C=O) groups excluding carboxylic acids is 3. The summed E-state index contributed by atoms with van der Waals surface area (Å²) in [7, 11) is 0. The fraction of sp³-hybridized carbons (Fsp3) is 0.870. The molecule has 78 heavy (non-hydrogen) atoms. The van der Waals surface area contributed by atoms with Crippen LogP contribution in [0.1, 0.15) is 140 Å². The van der Waals surface area contributed by atoms with Crippen molar-refractivity contribution in [3.05, 3.63) is 23.3 Å². The molecule has 7 rings (SSSR count). The van der Waals surface area contributed by atoms with E-state index in [0.29, 0.717) is 25.7 Å². The highest BCUT2D eigenvalue weighted by Gasteiger charge is 2.59. The van der Waals surface area contributed by atoms with Crippen molar-refractivity contribution in [3.8, 4) is 0 Å². The summed E-state index contributed by atoms with van der Waals surface area (Å²) in [6.45, 7) is 15.6. The van der Waals surface area contributed by atoms with Crippen LogP contribution in [0, 0.1) is 0 Å². The third-order valence-corrected chi connectivity index (χ3v) is 15.6. The van der Waals surface area contributed by atoms with Crippen LogP contribution in [0.15, 0.2) is 23.3 Å². The first-order chi connectivity index (χ1) is 37.0. The third-order valence-electron chi connectivity index (χ3n) is 15.6. The van der Waals surface area contributed by atoms with E-state index in [1.807, 2.05) is 6.92 Å². The predicted molar refractivity (Wildman–Crippen MR) is 269 cm³/mol. The molecular weight excluding hydrogens is 1030 g/mol. The van der Waals surface area contributed by atoms with Gasteiger partial charge >= 0.3 is 17.9 Å². The molecule has 6 bridgehead atoms. The van der Waals surface area contributed by atoms with Gasteiger partial charge in [0, 0.05) is 17.6 Å². The maximum absolute atomic E-state index is 13.7. The summed E-state index contributed by atoms with van der Waals surface area (Å²) in [5.74, 6) is -2.43. The van der Waals surface area contributed by atoms with Gasteiger partial charge in [-0.25, -0.2) is 9.59 Å². The Balaban J connectivity index is 1.45. The van der Waals surface area contributed by atoms with Gasteiger partial charge < -0.3 is 102 Å². The normalized spacial score (nSPS) is 45.4. The smallest absolute Gasteiger partial charge is 0.333 e. The van der Waals surface area contributed by atoms with Gasteiger partial charge in [0.05, 0.1) is 36.6 Å². The lowest BCUT2D eigenvalue weighted by atomic mass is 9.95. The van der Waals surface area contributed by atoms with Crippen LogP contribution in [0.2, 0.25) is 0 Å². The zero-order chi connectivity index (χ0) is 57.3. The van der Waals surface area contributed by atoms with Gasteiger partial charge in [0.25, 0.3) is 0 Å². The molecule has 0 saturated carbocycles. The van der Waals surface area contributed by atoms with Gasteiger partial charge in [-0.3, -0.25) is 4.79 Å². The second kappa shape index (κ2) is 29.4. The van der Waals surface area contributed by atoms with Gasteiger partial charge in [0.1, 0.15) is 73.2 Å². The van der Waals surface area contributed by atoms with Crippen LogP contribution in [0.25, 0.3) is 0 Å². The number of carbonyl (C=O) groups is 3. The Kier molecular flexibility index (Phi) is 24.3. The molecule has 0 aromatic heterocycles. The van der Waals surface area contributed by atoms with Gasteiger partial charge in [0.2, 0.25) is 0 Å². The fourth-order valence-electron chi connectivity index (χ4n) is 10.4. The quantitative estimate of drug-likeness (QED) is 0.0970. The molecule has 7 aliphatic rings. The molecule has 7 fully saturated rings. The molecule has 7 saturated heterocycles. The van der Waals surface area contributed by atoms with Crippen LogP contribution in [-0.4, -0.2) is 218 Å². The first-order valence-electron chi connectivity index (χ1n) is 27.9. The number of allylic oxidation sites excluding steroid dienone is 2. The standard InChI is InChI=1S/C54H88O24/c1-11-21-31-22-19-17-15-14-16-18-20-23-32(55)72-43-35(58)28(8)67-51(40(43)63)77-46-42(73-48(64)24(4)12-2)30(10)70-54(47(46)78-50-38(61)36(59)33(56)26(6)66-50)75-41-29(9)69-53(45(39(41)62)74-49(65)25(5)13-3)76-44-37(60)34(57)27(7)68-52(44)71-31/h12-13,26-31,33-47,50-54,56-63H,11,14-23H2,1-10H3/b24-12+,25-13+/t26-,27+,28-,29-,30+,31-,33-,34+,35-,36+,37-,38+,39+,40+,41-,42+,43+,44+,45+,46-,47+,50-,51-,52-,53-,54-/m0/s1. The van der Waals surface area contributed by atoms with Crippen LogP contribution in [-0.2, 0) is 76.0 Å². The van der Waals surface area contributed by atoms with Gasteiger partial charge in [-0.15, -0.1) is 0 Å². The Bertz CT molecular complexity index is 1970. The third kappa shape index (κ3) is 15.6.